The van der Waals surface area contributed by atoms with Gasteiger partial charge >= 0.3 is 0 Å². The minimum atomic E-state index is 0.302. The molecular weight excluding hydrogens is 256 g/mol. The summed E-state index contributed by atoms with van der Waals surface area (Å²) in [6.07, 6.45) is 6.07. The topological polar surface area (TPSA) is 42.2 Å². The summed E-state index contributed by atoms with van der Waals surface area (Å²) in [5.41, 5.74) is 0.302. The van der Waals surface area contributed by atoms with Crippen molar-refractivity contribution in [2.45, 2.75) is 46.2 Å². The number of nitrogens with zero attached hydrogens (tertiary/aromatic N) is 3. The molecule has 1 unspecified atom stereocenters. The number of thioether (sulfide) groups is 1. The molecule has 0 bridgehead atoms. The van der Waals surface area contributed by atoms with Crippen molar-refractivity contribution < 1.29 is 0 Å². The Morgan fingerprint density at radius 2 is 2.37 bits per heavy atom. The number of hydrogen-bond donors (Lipinski definition) is 1. The van der Waals surface area contributed by atoms with Gasteiger partial charge in [0, 0.05) is 37.3 Å². The number of hydrogen-bond acceptors (Lipinski definition) is 3. The summed E-state index contributed by atoms with van der Waals surface area (Å²) < 4.78 is 1.96. The SMILES string of the molecule is CC(C)(C)C1CCSC(=NCCCn2cccn2)N1. The van der Waals surface area contributed by atoms with Gasteiger partial charge in [0.05, 0.1) is 0 Å². The zero-order valence-electron chi connectivity index (χ0n) is 12.1. The summed E-state index contributed by atoms with van der Waals surface area (Å²) in [6, 6.07) is 2.50. The maximum Gasteiger partial charge on any atom is 0.156 e. The van der Waals surface area contributed by atoms with Crippen molar-refractivity contribution in [1.82, 2.24) is 15.1 Å². The van der Waals surface area contributed by atoms with Gasteiger partial charge < -0.3 is 5.32 Å². The lowest BCUT2D eigenvalue weighted by atomic mass is 9.85. The molecule has 0 spiro atoms. The average Bonchev–Trinajstić information content (AvgIpc) is 2.87. The quantitative estimate of drug-likeness (QED) is 0.862. The fourth-order valence-electron chi connectivity index (χ4n) is 2.12. The predicted octanol–water partition coefficient (Wildman–Crippen LogP) is 2.77. The highest BCUT2D eigenvalue weighted by atomic mass is 32.2. The van der Waals surface area contributed by atoms with Crippen LogP contribution in [-0.4, -0.2) is 33.3 Å². The molecule has 1 fully saturated rings. The number of rotatable bonds is 4. The van der Waals surface area contributed by atoms with Crippen LogP contribution in [0.4, 0.5) is 0 Å². The fraction of sp³-hybridized carbons (Fsp3) is 0.714. The van der Waals surface area contributed by atoms with Crippen LogP contribution in [-0.2, 0) is 6.54 Å². The highest BCUT2D eigenvalue weighted by molar-refractivity contribution is 8.13. The maximum atomic E-state index is 4.67. The van der Waals surface area contributed by atoms with Crippen molar-refractivity contribution in [1.29, 1.82) is 0 Å². The maximum absolute atomic E-state index is 4.67. The molecule has 1 aromatic heterocycles. The Hall–Kier alpha value is -0.970. The van der Waals surface area contributed by atoms with Crippen LogP contribution in [0.15, 0.2) is 23.5 Å². The summed E-state index contributed by atoms with van der Waals surface area (Å²) in [4.78, 5) is 4.67. The summed E-state index contributed by atoms with van der Waals surface area (Å²) in [6.45, 7) is 8.67. The molecule has 1 aromatic rings. The van der Waals surface area contributed by atoms with Crippen LogP contribution in [0.3, 0.4) is 0 Å². The lowest BCUT2D eigenvalue weighted by Crippen LogP contribution is -2.46. The summed E-state index contributed by atoms with van der Waals surface area (Å²) in [5.74, 6) is 1.17. The van der Waals surface area contributed by atoms with Crippen LogP contribution in [0, 0.1) is 5.41 Å². The first-order chi connectivity index (χ1) is 9.05. The summed E-state index contributed by atoms with van der Waals surface area (Å²) in [7, 11) is 0. The predicted molar refractivity (Wildman–Crippen MR) is 82.6 cm³/mol. The smallest absolute Gasteiger partial charge is 0.156 e. The number of amidine groups is 1. The molecule has 1 saturated heterocycles. The Bertz CT molecular complexity index is 406. The lowest BCUT2D eigenvalue weighted by molar-refractivity contribution is 0.290. The molecule has 1 N–H and O–H groups in total. The summed E-state index contributed by atoms with van der Waals surface area (Å²) in [5, 5.41) is 8.89. The van der Waals surface area contributed by atoms with Crippen LogP contribution < -0.4 is 5.32 Å². The van der Waals surface area contributed by atoms with Crippen LogP contribution in [0.5, 0.6) is 0 Å². The van der Waals surface area contributed by atoms with E-state index in [1.54, 1.807) is 0 Å². The van der Waals surface area contributed by atoms with Crippen molar-refractivity contribution in [2.24, 2.45) is 10.4 Å². The van der Waals surface area contributed by atoms with Crippen LogP contribution >= 0.6 is 11.8 Å². The molecule has 1 aliphatic heterocycles. The molecule has 0 aromatic carbocycles. The molecule has 0 amide bonds. The van der Waals surface area contributed by atoms with Crippen LogP contribution in [0.25, 0.3) is 0 Å². The van der Waals surface area contributed by atoms with Gasteiger partial charge in [0.15, 0.2) is 5.17 Å². The van der Waals surface area contributed by atoms with Crippen molar-refractivity contribution >= 4 is 16.9 Å². The van der Waals surface area contributed by atoms with Crippen LogP contribution in [0.1, 0.15) is 33.6 Å². The molecule has 19 heavy (non-hydrogen) atoms. The molecule has 5 heteroatoms. The van der Waals surface area contributed by atoms with E-state index in [1.807, 2.05) is 34.9 Å². The van der Waals surface area contributed by atoms with Crippen LogP contribution in [0.2, 0.25) is 0 Å². The minimum absolute atomic E-state index is 0.302. The van der Waals surface area contributed by atoms with Crippen molar-refractivity contribution in [2.75, 3.05) is 12.3 Å². The van der Waals surface area contributed by atoms with E-state index in [0.717, 1.165) is 24.7 Å². The Balaban J connectivity index is 1.76. The van der Waals surface area contributed by atoms with Gasteiger partial charge in [0.25, 0.3) is 0 Å². The molecule has 106 valence electrons. The van der Waals surface area contributed by atoms with Crippen molar-refractivity contribution in [3.8, 4) is 0 Å². The fourth-order valence-corrected chi connectivity index (χ4v) is 3.08. The van der Waals surface area contributed by atoms with E-state index < -0.39 is 0 Å². The van der Waals surface area contributed by atoms with Crippen molar-refractivity contribution in [3.63, 3.8) is 0 Å². The number of aromatic nitrogens is 2. The lowest BCUT2D eigenvalue weighted by Gasteiger charge is -2.35. The van der Waals surface area contributed by atoms with E-state index in [0.29, 0.717) is 11.5 Å². The standard InChI is InChI=1S/C14H24N4S/c1-14(2,3)12-6-11-19-13(17-12)15-7-4-9-18-10-5-8-16-18/h5,8,10,12H,4,6-7,9,11H2,1-3H3,(H,15,17). The van der Waals surface area contributed by atoms with E-state index in [4.69, 9.17) is 0 Å². The van der Waals surface area contributed by atoms with Gasteiger partial charge in [-0.15, -0.1) is 0 Å². The van der Waals surface area contributed by atoms with Gasteiger partial charge in [-0.05, 0) is 24.3 Å². The molecule has 4 nitrogen and oxygen atoms in total. The molecule has 1 atom stereocenters. The zero-order valence-corrected chi connectivity index (χ0v) is 12.9. The normalized spacial score (nSPS) is 22.5. The van der Waals surface area contributed by atoms with E-state index >= 15 is 0 Å². The minimum Gasteiger partial charge on any atom is -0.362 e. The largest absolute Gasteiger partial charge is 0.362 e. The van der Waals surface area contributed by atoms with Crippen molar-refractivity contribution in [3.05, 3.63) is 18.5 Å². The molecule has 2 heterocycles. The first-order valence-corrected chi connectivity index (χ1v) is 7.95. The van der Waals surface area contributed by atoms with E-state index in [-0.39, 0.29) is 0 Å². The van der Waals surface area contributed by atoms with Gasteiger partial charge in [-0.25, -0.2) is 0 Å². The molecule has 0 saturated carbocycles. The third-order valence-corrected chi connectivity index (χ3v) is 4.31. The van der Waals surface area contributed by atoms with Gasteiger partial charge in [-0.1, -0.05) is 32.5 Å². The Labute approximate surface area is 120 Å². The van der Waals surface area contributed by atoms with E-state index in [9.17, 15) is 0 Å². The first kappa shape index (κ1) is 14.4. The second-order valence-electron chi connectivity index (χ2n) is 6.01. The highest BCUT2D eigenvalue weighted by Gasteiger charge is 2.28. The molecule has 2 rings (SSSR count). The Morgan fingerprint density at radius 3 is 3.05 bits per heavy atom. The number of aryl methyl sites for hydroxylation is 1. The van der Waals surface area contributed by atoms with Gasteiger partial charge in [0.2, 0.25) is 0 Å². The second-order valence-corrected chi connectivity index (χ2v) is 7.09. The van der Waals surface area contributed by atoms with E-state index in [1.165, 1.54) is 12.2 Å². The average molecular weight is 280 g/mol. The third kappa shape index (κ3) is 4.56. The van der Waals surface area contributed by atoms with Gasteiger partial charge in [-0.2, -0.15) is 5.10 Å². The van der Waals surface area contributed by atoms with Gasteiger partial charge in [0.1, 0.15) is 0 Å². The molecule has 0 aliphatic carbocycles. The number of aliphatic imine (C=N–C) groups is 1. The molecular formula is C14H24N4S. The number of nitrogens with one attached hydrogen (secondary N) is 1. The Kier molecular flexibility index (Phi) is 4.91. The zero-order chi connectivity index (χ0) is 13.7. The molecule has 1 aliphatic rings. The highest BCUT2D eigenvalue weighted by Crippen LogP contribution is 2.27. The molecule has 0 radical (unpaired) electrons. The van der Waals surface area contributed by atoms with E-state index in [2.05, 4.69) is 36.2 Å². The summed E-state index contributed by atoms with van der Waals surface area (Å²) >= 11 is 1.85. The van der Waals surface area contributed by atoms with Gasteiger partial charge in [-0.3, -0.25) is 9.67 Å². The third-order valence-electron chi connectivity index (χ3n) is 3.35. The Morgan fingerprint density at radius 1 is 1.53 bits per heavy atom. The first-order valence-electron chi connectivity index (χ1n) is 6.97. The second kappa shape index (κ2) is 6.46. The monoisotopic (exact) mass is 280 g/mol.